The Balaban J connectivity index is 2.68. The molecule has 0 amide bonds. The fourth-order valence-electron chi connectivity index (χ4n) is 1.22. The van der Waals surface area contributed by atoms with Gasteiger partial charge in [-0.05, 0) is 38.5 Å². The average molecular weight is 278 g/mol. The maximum absolute atomic E-state index is 11.9. The molecule has 0 bridgehead atoms. The minimum atomic E-state index is -1.17. The number of ketones is 1. The van der Waals surface area contributed by atoms with Crippen LogP contribution in [0.3, 0.4) is 0 Å². The van der Waals surface area contributed by atoms with E-state index in [1.165, 1.54) is 27.7 Å². The Labute approximate surface area is 117 Å². The second-order valence-corrected chi connectivity index (χ2v) is 4.99. The molecule has 108 valence electrons. The van der Waals surface area contributed by atoms with E-state index >= 15 is 0 Å². The second kappa shape index (κ2) is 6.32. The van der Waals surface area contributed by atoms with E-state index in [4.69, 9.17) is 9.47 Å². The van der Waals surface area contributed by atoms with Crippen molar-refractivity contribution in [3.63, 3.8) is 0 Å². The zero-order valence-electron chi connectivity index (χ0n) is 12.1. The zero-order valence-corrected chi connectivity index (χ0v) is 12.1. The molecule has 0 radical (unpaired) electrons. The first-order chi connectivity index (χ1) is 9.23. The number of hydrogen-bond donors (Lipinski definition) is 0. The van der Waals surface area contributed by atoms with Crippen molar-refractivity contribution in [2.45, 2.75) is 34.3 Å². The van der Waals surface area contributed by atoms with Crippen molar-refractivity contribution < 1.29 is 23.9 Å². The highest BCUT2D eigenvalue weighted by Gasteiger charge is 2.34. The molecule has 0 fully saturated rings. The number of Topliss-reactive ketones (excluding diaryl/α,β-unsaturated/α-hetero) is 1. The standard InChI is InChI=1S/C15H18O5/c1-10(16)15(3,4)14(18)20-13-7-5-12(6-8-13)9-19-11(2)17/h5-8H,9H2,1-4H3. The summed E-state index contributed by atoms with van der Waals surface area (Å²) in [5.74, 6) is -0.869. The first-order valence-corrected chi connectivity index (χ1v) is 6.19. The van der Waals surface area contributed by atoms with Gasteiger partial charge in [-0.2, -0.15) is 0 Å². The summed E-state index contributed by atoms with van der Waals surface area (Å²) in [5.41, 5.74) is -0.387. The monoisotopic (exact) mass is 278 g/mol. The topological polar surface area (TPSA) is 69.7 Å². The van der Waals surface area contributed by atoms with Crippen molar-refractivity contribution in [1.82, 2.24) is 0 Å². The van der Waals surface area contributed by atoms with Crippen LogP contribution >= 0.6 is 0 Å². The van der Waals surface area contributed by atoms with E-state index in [1.54, 1.807) is 24.3 Å². The van der Waals surface area contributed by atoms with Gasteiger partial charge in [-0.15, -0.1) is 0 Å². The summed E-state index contributed by atoms with van der Waals surface area (Å²) < 4.78 is 10.00. The van der Waals surface area contributed by atoms with Gasteiger partial charge in [-0.25, -0.2) is 0 Å². The van der Waals surface area contributed by atoms with Crippen LogP contribution in [0.25, 0.3) is 0 Å². The van der Waals surface area contributed by atoms with Crippen LogP contribution < -0.4 is 4.74 Å². The van der Waals surface area contributed by atoms with Crippen LogP contribution in [0.1, 0.15) is 33.3 Å². The molecule has 1 rings (SSSR count). The molecule has 1 aromatic rings. The molecule has 0 aliphatic rings. The van der Waals surface area contributed by atoms with Crippen LogP contribution in [0.15, 0.2) is 24.3 Å². The summed E-state index contributed by atoms with van der Waals surface area (Å²) in [7, 11) is 0. The van der Waals surface area contributed by atoms with Gasteiger partial charge in [0.05, 0.1) is 0 Å². The molecular weight excluding hydrogens is 260 g/mol. The molecule has 0 unspecified atom stereocenters. The van der Waals surface area contributed by atoms with Gasteiger partial charge in [0, 0.05) is 6.92 Å². The molecule has 5 nitrogen and oxygen atoms in total. The molecule has 0 N–H and O–H groups in total. The quantitative estimate of drug-likeness (QED) is 0.469. The maximum atomic E-state index is 11.9. The van der Waals surface area contributed by atoms with Crippen LogP contribution in [0.4, 0.5) is 0 Å². The van der Waals surface area contributed by atoms with E-state index in [0.717, 1.165) is 5.56 Å². The van der Waals surface area contributed by atoms with Crippen molar-refractivity contribution in [2.24, 2.45) is 5.41 Å². The Bertz CT molecular complexity index is 514. The van der Waals surface area contributed by atoms with Crippen LogP contribution in [0, 0.1) is 5.41 Å². The summed E-state index contributed by atoms with van der Waals surface area (Å²) in [5, 5.41) is 0. The van der Waals surface area contributed by atoms with Gasteiger partial charge in [-0.3, -0.25) is 14.4 Å². The van der Waals surface area contributed by atoms with Crippen molar-refractivity contribution >= 4 is 17.7 Å². The van der Waals surface area contributed by atoms with E-state index in [1.807, 2.05) is 0 Å². The van der Waals surface area contributed by atoms with Crippen LogP contribution in [-0.4, -0.2) is 17.7 Å². The minimum absolute atomic E-state index is 0.169. The molecule has 0 atom stereocenters. The molecular formula is C15H18O5. The largest absolute Gasteiger partial charge is 0.461 e. The van der Waals surface area contributed by atoms with Gasteiger partial charge in [-0.1, -0.05) is 12.1 Å². The molecule has 20 heavy (non-hydrogen) atoms. The van der Waals surface area contributed by atoms with Crippen molar-refractivity contribution in [2.75, 3.05) is 0 Å². The van der Waals surface area contributed by atoms with E-state index in [-0.39, 0.29) is 18.4 Å². The number of carbonyl (C=O) groups excluding carboxylic acids is 3. The lowest BCUT2D eigenvalue weighted by atomic mass is 9.89. The predicted octanol–water partition coefficient (Wildman–Crippen LogP) is 2.27. The number of hydrogen-bond acceptors (Lipinski definition) is 5. The Kier molecular flexibility index (Phi) is 5.02. The summed E-state index contributed by atoms with van der Waals surface area (Å²) in [6.45, 7) is 5.89. The van der Waals surface area contributed by atoms with Gasteiger partial charge in [0.1, 0.15) is 23.6 Å². The number of benzene rings is 1. The van der Waals surface area contributed by atoms with Gasteiger partial charge in [0.25, 0.3) is 0 Å². The van der Waals surface area contributed by atoms with Gasteiger partial charge < -0.3 is 9.47 Å². The SMILES string of the molecule is CC(=O)OCc1ccc(OC(=O)C(C)(C)C(C)=O)cc1. The highest BCUT2D eigenvalue weighted by Crippen LogP contribution is 2.21. The first kappa shape index (κ1) is 15.9. The van der Waals surface area contributed by atoms with Crippen molar-refractivity contribution in [1.29, 1.82) is 0 Å². The van der Waals surface area contributed by atoms with Crippen LogP contribution in [-0.2, 0) is 25.7 Å². The summed E-state index contributed by atoms with van der Waals surface area (Å²) in [6.07, 6.45) is 0. The number of ether oxygens (including phenoxy) is 2. The average Bonchev–Trinajstić information content (AvgIpc) is 2.37. The molecule has 0 aromatic heterocycles. The molecule has 0 heterocycles. The third-order valence-electron chi connectivity index (χ3n) is 2.97. The molecule has 0 aliphatic heterocycles. The number of carbonyl (C=O) groups is 3. The lowest BCUT2D eigenvalue weighted by molar-refractivity contribution is -0.149. The Morgan fingerprint density at radius 2 is 1.60 bits per heavy atom. The molecule has 5 heteroatoms. The normalized spacial score (nSPS) is 10.8. The molecule has 1 aromatic carbocycles. The summed E-state index contributed by atoms with van der Waals surface area (Å²) >= 11 is 0. The van der Waals surface area contributed by atoms with E-state index in [2.05, 4.69) is 0 Å². The molecule has 0 saturated carbocycles. The summed E-state index contributed by atoms with van der Waals surface area (Å²) in [6, 6.07) is 6.55. The second-order valence-electron chi connectivity index (χ2n) is 4.99. The molecule has 0 saturated heterocycles. The van der Waals surface area contributed by atoms with E-state index in [9.17, 15) is 14.4 Å². The van der Waals surface area contributed by atoms with E-state index < -0.39 is 11.4 Å². The Morgan fingerprint density at radius 1 is 1.05 bits per heavy atom. The van der Waals surface area contributed by atoms with Crippen LogP contribution in [0.5, 0.6) is 5.75 Å². The van der Waals surface area contributed by atoms with Gasteiger partial charge in [0.15, 0.2) is 0 Å². The highest BCUT2D eigenvalue weighted by molar-refractivity contribution is 6.02. The van der Waals surface area contributed by atoms with Gasteiger partial charge in [0.2, 0.25) is 0 Å². The first-order valence-electron chi connectivity index (χ1n) is 6.19. The van der Waals surface area contributed by atoms with E-state index in [0.29, 0.717) is 5.75 Å². The molecule has 0 aliphatic carbocycles. The molecule has 0 spiro atoms. The number of esters is 2. The minimum Gasteiger partial charge on any atom is -0.461 e. The fourth-order valence-corrected chi connectivity index (χ4v) is 1.22. The Morgan fingerprint density at radius 3 is 2.05 bits per heavy atom. The van der Waals surface area contributed by atoms with Crippen LogP contribution in [0.2, 0.25) is 0 Å². The van der Waals surface area contributed by atoms with Gasteiger partial charge >= 0.3 is 11.9 Å². The smallest absolute Gasteiger partial charge is 0.324 e. The third kappa shape index (κ3) is 4.19. The van der Waals surface area contributed by atoms with Crippen molar-refractivity contribution in [3.05, 3.63) is 29.8 Å². The van der Waals surface area contributed by atoms with Crippen molar-refractivity contribution in [3.8, 4) is 5.75 Å². The summed E-state index contributed by atoms with van der Waals surface area (Å²) in [4.78, 5) is 33.9. The lowest BCUT2D eigenvalue weighted by Crippen LogP contribution is -2.35. The maximum Gasteiger partial charge on any atom is 0.324 e. The Hall–Kier alpha value is -2.17. The number of rotatable bonds is 5. The third-order valence-corrected chi connectivity index (χ3v) is 2.97. The lowest BCUT2D eigenvalue weighted by Gasteiger charge is -2.18. The predicted molar refractivity (Wildman–Crippen MR) is 72.0 cm³/mol. The highest BCUT2D eigenvalue weighted by atomic mass is 16.5. The zero-order chi connectivity index (χ0) is 15.3. The fraction of sp³-hybridized carbons (Fsp3) is 0.400.